The Morgan fingerprint density at radius 2 is 1.58 bits per heavy atom. The molecule has 3 aromatic carbocycles. The number of benzene rings is 3. The van der Waals surface area contributed by atoms with Crippen LogP contribution < -0.4 is 10.2 Å². The summed E-state index contributed by atoms with van der Waals surface area (Å²) >= 11 is 1.27. The van der Waals surface area contributed by atoms with Gasteiger partial charge >= 0.3 is 0 Å². The minimum Gasteiger partial charge on any atom is -0.321 e. The maximum absolute atomic E-state index is 13.5. The third-order valence-corrected chi connectivity index (χ3v) is 6.63. The van der Waals surface area contributed by atoms with Gasteiger partial charge in [-0.15, -0.1) is 0 Å². The predicted octanol–water partition coefficient (Wildman–Crippen LogP) is 5.37. The minimum atomic E-state index is -0.534. The second-order valence-corrected chi connectivity index (χ2v) is 9.11. The largest absolute Gasteiger partial charge is 0.321 e. The molecule has 1 atom stereocenters. The molecule has 1 N–H and O–H groups in total. The number of anilines is 2. The van der Waals surface area contributed by atoms with Crippen LogP contribution in [0.3, 0.4) is 0 Å². The molecule has 0 aromatic heterocycles. The number of nitrogens with zero attached hydrogens (tertiary/aromatic N) is 2. The van der Waals surface area contributed by atoms with Crippen molar-refractivity contribution < 1.29 is 9.59 Å². The molecular weight excluding hydrogens is 430 g/mol. The number of hydrogen-bond acceptors (Lipinski definition) is 4. The summed E-state index contributed by atoms with van der Waals surface area (Å²) in [5, 5.41) is 12.6. The van der Waals surface area contributed by atoms with Crippen LogP contribution in [0, 0.1) is 25.2 Å². The van der Waals surface area contributed by atoms with Gasteiger partial charge in [0.15, 0.2) is 0 Å². The predicted molar refractivity (Wildman–Crippen MR) is 133 cm³/mol. The van der Waals surface area contributed by atoms with Gasteiger partial charge in [-0.1, -0.05) is 77.5 Å². The van der Waals surface area contributed by atoms with Crippen LogP contribution in [0.5, 0.6) is 0 Å². The second kappa shape index (κ2) is 9.76. The van der Waals surface area contributed by atoms with Gasteiger partial charge in [-0.05, 0) is 50.1 Å². The fraction of sp³-hybridized carbons (Fsp3) is 0.148. The number of carbonyl (C=O) groups excluding carboxylic acids is 2. The van der Waals surface area contributed by atoms with E-state index in [1.807, 2.05) is 74.5 Å². The molecule has 0 spiro atoms. The molecule has 0 saturated carbocycles. The van der Waals surface area contributed by atoms with Crippen LogP contribution in [0.1, 0.15) is 16.7 Å². The third-order valence-electron chi connectivity index (χ3n) is 5.37. The van der Waals surface area contributed by atoms with E-state index < -0.39 is 11.2 Å². The Morgan fingerprint density at radius 3 is 2.18 bits per heavy atom. The van der Waals surface area contributed by atoms with Crippen LogP contribution in [0.25, 0.3) is 0 Å². The number of nitriles is 1. The number of para-hydroxylation sites is 1. The molecule has 0 bridgehead atoms. The number of rotatable bonds is 5. The highest BCUT2D eigenvalue weighted by molar-refractivity contribution is 8.05. The zero-order valence-corrected chi connectivity index (χ0v) is 19.2. The Kier molecular flexibility index (Phi) is 6.62. The van der Waals surface area contributed by atoms with E-state index in [0.717, 1.165) is 16.7 Å². The quantitative estimate of drug-likeness (QED) is 0.416. The van der Waals surface area contributed by atoms with Crippen molar-refractivity contribution in [1.29, 1.82) is 5.26 Å². The zero-order valence-electron chi connectivity index (χ0n) is 18.4. The molecule has 1 fully saturated rings. The Hall–Kier alpha value is -3.82. The molecule has 1 saturated heterocycles. The summed E-state index contributed by atoms with van der Waals surface area (Å²) in [7, 11) is 0. The van der Waals surface area contributed by atoms with Gasteiger partial charge in [0, 0.05) is 11.4 Å². The van der Waals surface area contributed by atoms with Crippen molar-refractivity contribution in [3.63, 3.8) is 0 Å². The highest BCUT2D eigenvalue weighted by atomic mass is 32.2. The number of hydrogen-bond donors (Lipinski definition) is 1. The van der Waals surface area contributed by atoms with Crippen molar-refractivity contribution in [3.05, 3.63) is 106 Å². The van der Waals surface area contributed by atoms with E-state index in [9.17, 15) is 14.9 Å². The average molecular weight is 454 g/mol. The van der Waals surface area contributed by atoms with E-state index in [1.54, 1.807) is 24.3 Å². The van der Waals surface area contributed by atoms with Gasteiger partial charge in [0.25, 0.3) is 5.91 Å². The fourth-order valence-corrected chi connectivity index (χ4v) is 4.88. The van der Waals surface area contributed by atoms with Crippen molar-refractivity contribution in [2.45, 2.75) is 25.5 Å². The van der Waals surface area contributed by atoms with Gasteiger partial charge in [0.05, 0.1) is 5.25 Å². The lowest BCUT2D eigenvalue weighted by Gasteiger charge is -2.18. The summed E-state index contributed by atoms with van der Waals surface area (Å²) in [4.78, 5) is 28.0. The Labute approximate surface area is 197 Å². The summed E-state index contributed by atoms with van der Waals surface area (Å²) in [6.07, 6.45) is 0.509. The van der Waals surface area contributed by atoms with Crippen LogP contribution >= 0.6 is 11.8 Å². The Morgan fingerprint density at radius 1 is 0.970 bits per heavy atom. The lowest BCUT2D eigenvalue weighted by atomic mass is 10.1. The van der Waals surface area contributed by atoms with E-state index in [-0.39, 0.29) is 11.5 Å². The first kappa shape index (κ1) is 22.4. The normalized spacial score (nSPS) is 16.9. The molecule has 1 heterocycles. The molecule has 4 rings (SSSR count). The lowest BCUT2D eigenvalue weighted by molar-refractivity contribution is -0.117. The molecule has 3 aromatic rings. The SMILES string of the molecule is Cc1ccc(CC2SC(=C(C#N)C(=O)Nc3ccc(C)cc3)N(c3ccccc3)C2=O)cc1. The van der Waals surface area contributed by atoms with Crippen molar-refractivity contribution in [2.24, 2.45) is 0 Å². The van der Waals surface area contributed by atoms with Crippen LogP contribution in [0.2, 0.25) is 0 Å². The van der Waals surface area contributed by atoms with Gasteiger partial charge in [0.2, 0.25) is 5.91 Å². The van der Waals surface area contributed by atoms with Gasteiger partial charge in [-0.3, -0.25) is 14.5 Å². The first-order valence-corrected chi connectivity index (χ1v) is 11.5. The molecule has 1 unspecified atom stereocenters. The molecule has 164 valence electrons. The molecule has 0 aliphatic carbocycles. The lowest BCUT2D eigenvalue weighted by Crippen LogP contribution is -2.30. The summed E-state index contributed by atoms with van der Waals surface area (Å²) in [6, 6.07) is 26.6. The Balaban J connectivity index is 1.70. The van der Waals surface area contributed by atoms with Gasteiger partial charge < -0.3 is 5.32 Å². The van der Waals surface area contributed by atoms with Crippen LogP contribution in [0.4, 0.5) is 11.4 Å². The van der Waals surface area contributed by atoms with E-state index in [1.165, 1.54) is 16.7 Å². The van der Waals surface area contributed by atoms with Crippen molar-refractivity contribution in [2.75, 3.05) is 10.2 Å². The molecule has 2 amide bonds. The monoisotopic (exact) mass is 453 g/mol. The van der Waals surface area contributed by atoms with E-state index in [4.69, 9.17) is 0 Å². The van der Waals surface area contributed by atoms with Crippen molar-refractivity contribution >= 4 is 35.0 Å². The molecule has 1 aliphatic heterocycles. The van der Waals surface area contributed by atoms with Crippen LogP contribution in [-0.2, 0) is 16.0 Å². The summed E-state index contributed by atoms with van der Waals surface area (Å²) in [6.45, 7) is 3.98. The fourth-order valence-electron chi connectivity index (χ4n) is 3.57. The first-order chi connectivity index (χ1) is 16.0. The topological polar surface area (TPSA) is 73.2 Å². The highest BCUT2D eigenvalue weighted by Crippen LogP contribution is 2.42. The van der Waals surface area contributed by atoms with Crippen LogP contribution in [-0.4, -0.2) is 17.1 Å². The number of amides is 2. The smallest absolute Gasteiger partial charge is 0.269 e. The zero-order chi connectivity index (χ0) is 23.4. The molecular formula is C27H23N3O2S. The second-order valence-electron chi connectivity index (χ2n) is 7.92. The molecule has 5 nitrogen and oxygen atoms in total. The maximum Gasteiger partial charge on any atom is 0.269 e. The van der Waals surface area contributed by atoms with Gasteiger partial charge in [-0.2, -0.15) is 5.26 Å². The summed E-state index contributed by atoms with van der Waals surface area (Å²) in [5.41, 5.74) is 4.39. The molecule has 0 radical (unpaired) electrons. The summed E-state index contributed by atoms with van der Waals surface area (Å²) < 4.78 is 0. The molecule has 33 heavy (non-hydrogen) atoms. The molecule has 6 heteroatoms. The van der Waals surface area contributed by atoms with Crippen molar-refractivity contribution in [3.8, 4) is 6.07 Å². The molecule has 1 aliphatic rings. The van der Waals surface area contributed by atoms with Gasteiger partial charge in [-0.25, -0.2) is 0 Å². The van der Waals surface area contributed by atoms with E-state index in [2.05, 4.69) is 5.32 Å². The standard InChI is InChI=1S/C27H23N3O2S/c1-18-8-12-20(13-9-18)16-24-26(32)30(22-6-4-3-5-7-22)27(33-24)23(17-28)25(31)29-21-14-10-19(2)11-15-21/h3-15,24H,16H2,1-2H3,(H,29,31). The number of carbonyl (C=O) groups is 2. The van der Waals surface area contributed by atoms with Gasteiger partial charge in [0.1, 0.15) is 16.7 Å². The average Bonchev–Trinajstić information content (AvgIpc) is 3.13. The third kappa shape index (κ3) is 5.00. The van der Waals surface area contributed by atoms with Crippen molar-refractivity contribution in [1.82, 2.24) is 0 Å². The highest BCUT2D eigenvalue weighted by Gasteiger charge is 2.40. The number of aryl methyl sites for hydroxylation is 2. The van der Waals surface area contributed by atoms with E-state index >= 15 is 0 Å². The first-order valence-electron chi connectivity index (χ1n) is 10.6. The maximum atomic E-state index is 13.5. The van der Waals surface area contributed by atoms with Crippen LogP contribution in [0.15, 0.2) is 89.5 Å². The minimum absolute atomic E-state index is 0.0795. The summed E-state index contributed by atoms with van der Waals surface area (Å²) in [5.74, 6) is -0.675. The number of nitrogens with one attached hydrogen (secondary N) is 1. The Bertz CT molecular complexity index is 1240. The van der Waals surface area contributed by atoms with E-state index in [0.29, 0.717) is 22.8 Å². The number of thioether (sulfide) groups is 1.